The van der Waals surface area contributed by atoms with Crippen LogP contribution in [0.25, 0.3) is 0 Å². The van der Waals surface area contributed by atoms with Gasteiger partial charge < -0.3 is 5.32 Å². The van der Waals surface area contributed by atoms with Gasteiger partial charge in [0.2, 0.25) is 0 Å². The Morgan fingerprint density at radius 3 is 2.91 bits per heavy atom. The molecule has 0 fully saturated rings. The van der Waals surface area contributed by atoms with Crippen LogP contribution in [0.2, 0.25) is 0 Å². The Balaban J connectivity index is 2.14. The average Bonchev–Trinajstić information content (AvgIpc) is 2.39. The van der Waals surface area contributed by atoms with E-state index in [0.29, 0.717) is 6.04 Å². The summed E-state index contributed by atoms with van der Waals surface area (Å²) in [6.07, 6.45) is 3.28. The monoisotopic (exact) mass is 154 g/mol. The lowest BCUT2D eigenvalue weighted by Gasteiger charge is -2.06. The van der Waals surface area contributed by atoms with Crippen molar-refractivity contribution >= 4 is 0 Å². The van der Waals surface area contributed by atoms with Gasteiger partial charge in [-0.05, 0) is 0 Å². The molecule has 0 unspecified atom stereocenters. The molecule has 4 heteroatoms. The molecule has 0 aliphatic heterocycles. The van der Waals surface area contributed by atoms with Crippen molar-refractivity contribution in [3.63, 3.8) is 0 Å². The number of hydrogen-bond donors (Lipinski definition) is 1. The number of nitrogens with zero attached hydrogens (tertiary/aromatic N) is 3. The third-order valence-electron chi connectivity index (χ3n) is 1.36. The fourth-order valence-electron chi connectivity index (χ4n) is 0.816. The molecule has 1 aromatic rings. The zero-order chi connectivity index (χ0) is 8.10. The van der Waals surface area contributed by atoms with Gasteiger partial charge in [0.1, 0.15) is 12.7 Å². The highest BCUT2D eigenvalue weighted by molar-refractivity contribution is 4.58. The highest BCUT2D eigenvalue weighted by Gasteiger charge is 1.92. The Labute approximate surface area is 66.6 Å². The Bertz CT molecular complexity index is 180. The first-order chi connectivity index (χ1) is 5.29. The maximum absolute atomic E-state index is 3.98. The molecule has 0 atom stereocenters. The van der Waals surface area contributed by atoms with Crippen LogP contribution in [0.4, 0.5) is 0 Å². The zero-order valence-electron chi connectivity index (χ0n) is 6.99. The summed E-state index contributed by atoms with van der Waals surface area (Å²) >= 11 is 0. The maximum Gasteiger partial charge on any atom is 0.137 e. The molecule has 1 rings (SSSR count). The van der Waals surface area contributed by atoms with Crippen LogP contribution >= 0.6 is 0 Å². The lowest BCUT2D eigenvalue weighted by atomic mass is 10.4. The molecule has 0 saturated carbocycles. The SMILES string of the molecule is CC(C)NCCn1cncn1. The predicted molar refractivity (Wildman–Crippen MR) is 43.2 cm³/mol. The molecule has 0 spiro atoms. The standard InChI is InChI=1S/C7H14N4/c1-7(2)9-3-4-11-6-8-5-10-11/h5-7,9H,3-4H2,1-2H3. The third-order valence-corrected chi connectivity index (χ3v) is 1.36. The fourth-order valence-corrected chi connectivity index (χ4v) is 0.816. The van der Waals surface area contributed by atoms with Gasteiger partial charge in [0.05, 0.1) is 6.54 Å². The molecule has 0 amide bonds. The Morgan fingerprint density at radius 2 is 2.36 bits per heavy atom. The van der Waals surface area contributed by atoms with Gasteiger partial charge in [0.15, 0.2) is 0 Å². The van der Waals surface area contributed by atoms with Gasteiger partial charge in [-0.2, -0.15) is 5.10 Å². The largest absolute Gasteiger partial charge is 0.313 e. The van der Waals surface area contributed by atoms with Crippen LogP contribution in [-0.2, 0) is 6.54 Å². The molecule has 0 radical (unpaired) electrons. The normalized spacial score (nSPS) is 10.8. The minimum atomic E-state index is 0.540. The van der Waals surface area contributed by atoms with Crippen molar-refractivity contribution < 1.29 is 0 Å². The highest BCUT2D eigenvalue weighted by atomic mass is 15.3. The van der Waals surface area contributed by atoms with Crippen LogP contribution in [0.5, 0.6) is 0 Å². The summed E-state index contributed by atoms with van der Waals surface area (Å²) < 4.78 is 1.81. The van der Waals surface area contributed by atoms with Gasteiger partial charge in [-0.25, -0.2) is 4.98 Å². The van der Waals surface area contributed by atoms with Crippen molar-refractivity contribution in [3.05, 3.63) is 12.7 Å². The van der Waals surface area contributed by atoms with E-state index in [2.05, 4.69) is 29.2 Å². The van der Waals surface area contributed by atoms with Crippen molar-refractivity contribution in [1.29, 1.82) is 0 Å². The molecule has 1 aromatic heterocycles. The summed E-state index contributed by atoms with van der Waals surface area (Å²) in [5, 5.41) is 7.27. The second-order valence-electron chi connectivity index (χ2n) is 2.77. The van der Waals surface area contributed by atoms with Crippen molar-refractivity contribution in [2.24, 2.45) is 0 Å². The predicted octanol–water partition coefficient (Wildman–Crippen LogP) is 0.276. The second kappa shape index (κ2) is 4.08. The minimum absolute atomic E-state index is 0.540. The van der Waals surface area contributed by atoms with Crippen LogP contribution in [0.15, 0.2) is 12.7 Å². The van der Waals surface area contributed by atoms with E-state index in [1.165, 1.54) is 0 Å². The first kappa shape index (κ1) is 8.20. The van der Waals surface area contributed by atoms with Crippen molar-refractivity contribution in [2.45, 2.75) is 26.4 Å². The van der Waals surface area contributed by atoms with E-state index in [-0.39, 0.29) is 0 Å². The van der Waals surface area contributed by atoms with E-state index in [1.54, 1.807) is 12.7 Å². The third kappa shape index (κ3) is 3.13. The highest BCUT2D eigenvalue weighted by Crippen LogP contribution is 1.80. The summed E-state index contributed by atoms with van der Waals surface area (Å²) in [4.78, 5) is 3.84. The van der Waals surface area contributed by atoms with Gasteiger partial charge in [-0.3, -0.25) is 4.68 Å². The molecule has 0 aliphatic carbocycles. The summed E-state index contributed by atoms with van der Waals surface area (Å²) in [6, 6.07) is 0.540. The Morgan fingerprint density at radius 1 is 1.55 bits per heavy atom. The number of hydrogen-bond acceptors (Lipinski definition) is 3. The smallest absolute Gasteiger partial charge is 0.137 e. The van der Waals surface area contributed by atoms with E-state index in [9.17, 15) is 0 Å². The van der Waals surface area contributed by atoms with Crippen LogP contribution in [0.3, 0.4) is 0 Å². The van der Waals surface area contributed by atoms with Gasteiger partial charge in [-0.1, -0.05) is 13.8 Å². The van der Waals surface area contributed by atoms with Gasteiger partial charge in [-0.15, -0.1) is 0 Å². The lowest BCUT2D eigenvalue weighted by Crippen LogP contribution is -2.26. The van der Waals surface area contributed by atoms with E-state index in [0.717, 1.165) is 13.1 Å². The molecule has 0 bridgehead atoms. The molecule has 1 N–H and O–H groups in total. The summed E-state index contributed by atoms with van der Waals surface area (Å²) in [5.74, 6) is 0. The van der Waals surface area contributed by atoms with Gasteiger partial charge >= 0.3 is 0 Å². The van der Waals surface area contributed by atoms with E-state index >= 15 is 0 Å². The molecule has 1 heterocycles. The van der Waals surface area contributed by atoms with Gasteiger partial charge in [0, 0.05) is 12.6 Å². The second-order valence-corrected chi connectivity index (χ2v) is 2.77. The number of nitrogens with one attached hydrogen (secondary N) is 1. The van der Waals surface area contributed by atoms with E-state index in [1.807, 2.05) is 4.68 Å². The molecule has 0 aliphatic rings. The Kier molecular flexibility index (Phi) is 3.04. The first-order valence-electron chi connectivity index (χ1n) is 3.85. The van der Waals surface area contributed by atoms with Crippen molar-refractivity contribution in [1.82, 2.24) is 20.1 Å². The molecule has 62 valence electrons. The molecule has 11 heavy (non-hydrogen) atoms. The van der Waals surface area contributed by atoms with Crippen molar-refractivity contribution in [2.75, 3.05) is 6.54 Å². The molecular weight excluding hydrogens is 140 g/mol. The maximum atomic E-state index is 3.98. The fraction of sp³-hybridized carbons (Fsp3) is 0.714. The number of rotatable bonds is 4. The summed E-state index contributed by atoms with van der Waals surface area (Å²) in [7, 11) is 0. The average molecular weight is 154 g/mol. The number of aromatic nitrogens is 3. The topological polar surface area (TPSA) is 42.7 Å². The minimum Gasteiger partial charge on any atom is -0.313 e. The molecule has 0 saturated heterocycles. The summed E-state index contributed by atoms with van der Waals surface area (Å²) in [5.41, 5.74) is 0. The lowest BCUT2D eigenvalue weighted by molar-refractivity contribution is 0.515. The molecule has 0 aromatic carbocycles. The Hall–Kier alpha value is -0.900. The van der Waals surface area contributed by atoms with E-state index < -0.39 is 0 Å². The van der Waals surface area contributed by atoms with E-state index in [4.69, 9.17) is 0 Å². The van der Waals surface area contributed by atoms with Crippen LogP contribution in [0, 0.1) is 0 Å². The first-order valence-corrected chi connectivity index (χ1v) is 3.85. The molecule has 4 nitrogen and oxygen atoms in total. The van der Waals surface area contributed by atoms with Crippen LogP contribution in [-0.4, -0.2) is 27.4 Å². The van der Waals surface area contributed by atoms with Gasteiger partial charge in [0.25, 0.3) is 0 Å². The van der Waals surface area contributed by atoms with Crippen molar-refractivity contribution in [3.8, 4) is 0 Å². The zero-order valence-corrected chi connectivity index (χ0v) is 6.99. The van der Waals surface area contributed by atoms with Crippen LogP contribution < -0.4 is 5.32 Å². The van der Waals surface area contributed by atoms with Crippen LogP contribution in [0.1, 0.15) is 13.8 Å². The molecular formula is C7H14N4. The quantitative estimate of drug-likeness (QED) is 0.677. The summed E-state index contributed by atoms with van der Waals surface area (Å²) in [6.45, 7) is 6.09.